The zero-order valence-electron chi connectivity index (χ0n) is 15.5. The number of carbonyl (C=O) groups is 1. The van der Waals surface area contributed by atoms with Crippen molar-refractivity contribution in [2.75, 3.05) is 13.2 Å². The second kappa shape index (κ2) is 9.09. The number of fused-ring (bicyclic) bond motifs is 1. The van der Waals surface area contributed by atoms with Gasteiger partial charge in [0.2, 0.25) is 5.91 Å². The Bertz CT molecular complexity index is 814. The number of hydrogen-bond acceptors (Lipinski definition) is 4. The fourth-order valence-electron chi connectivity index (χ4n) is 3.32. The number of carbonyl (C=O) groups excluding carboxylic acids is 1. The van der Waals surface area contributed by atoms with E-state index in [-0.39, 0.29) is 17.9 Å². The van der Waals surface area contributed by atoms with E-state index in [1.807, 2.05) is 55.5 Å². The summed E-state index contributed by atoms with van der Waals surface area (Å²) in [5, 5.41) is 12.2. The lowest BCUT2D eigenvalue weighted by atomic mass is 9.92. The van der Waals surface area contributed by atoms with Crippen molar-refractivity contribution < 1.29 is 14.3 Å². The van der Waals surface area contributed by atoms with Gasteiger partial charge in [-0.3, -0.25) is 4.79 Å². The lowest BCUT2D eigenvalue weighted by Crippen LogP contribution is -2.29. The predicted molar refractivity (Wildman–Crippen MR) is 103 cm³/mol. The fourth-order valence-corrected chi connectivity index (χ4v) is 3.32. The molecule has 0 saturated carbocycles. The topological polar surface area (TPSA) is 71.4 Å². The van der Waals surface area contributed by atoms with E-state index in [0.717, 1.165) is 29.0 Å². The molecule has 1 heterocycles. The van der Waals surface area contributed by atoms with Crippen molar-refractivity contribution in [3.63, 3.8) is 0 Å². The van der Waals surface area contributed by atoms with Crippen molar-refractivity contribution in [1.29, 1.82) is 5.26 Å². The van der Waals surface area contributed by atoms with Crippen LogP contribution < -0.4 is 14.8 Å². The third-order valence-corrected chi connectivity index (χ3v) is 4.75. The Morgan fingerprint density at radius 1 is 1.11 bits per heavy atom. The van der Waals surface area contributed by atoms with Gasteiger partial charge >= 0.3 is 0 Å². The highest BCUT2D eigenvalue weighted by molar-refractivity contribution is 5.77. The molecule has 5 nitrogen and oxygen atoms in total. The summed E-state index contributed by atoms with van der Waals surface area (Å²) in [6.45, 7) is 3.12. The van der Waals surface area contributed by atoms with Crippen LogP contribution in [0.15, 0.2) is 48.5 Å². The Labute approximate surface area is 159 Å². The molecule has 0 radical (unpaired) electrons. The first-order valence-corrected chi connectivity index (χ1v) is 9.32. The molecule has 3 rings (SSSR count). The highest BCUT2D eigenvalue weighted by Gasteiger charge is 2.20. The van der Waals surface area contributed by atoms with Gasteiger partial charge < -0.3 is 14.8 Å². The number of ether oxygens (including phenoxy) is 2. The van der Waals surface area contributed by atoms with Crippen LogP contribution >= 0.6 is 0 Å². The van der Waals surface area contributed by atoms with E-state index < -0.39 is 0 Å². The van der Waals surface area contributed by atoms with E-state index >= 15 is 0 Å². The van der Waals surface area contributed by atoms with Gasteiger partial charge in [-0.1, -0.05) is 43.3 Å². The zero-order valence-corrected chi connectivity index (χ0v) is 15.5. The molecule has 5 heteroatoms. The van der Waals surface area contributed by atoms with Gasteiger partial charge in [0.15, 0.2) is 11.5 Å². The fraction of sp³-hybridized carbons (Fsp3) is 0.364. The first-order chi connectivity index (χ1) is 13.2. The average Bonchev–Trinajstić information content (AvgIpc) is 2.72. The number of rotatable bonds is 7. The molecule has 1 aliphatic heterocycles. The Kier molecular flexibility index (Phi) is 6.32. The van der Waals surface area contributed by atoms with Crippen LogP contribution in [0.3, 0.4) is 0 Å². The molecule has 0 aliphatic carbocycles. The average molecular weight is 364 g/mol. The summed E-state index contributed by atoms with van der Waals surface area (Å²) in [6.07, 6.45) is 1.37. The highest BCUT2D eigenvalue weighted by Crippen LogP contribution is 2.33. The number of benzene rings is 2. The molecule has 0 saturated heterocycles. The molecule has 27 heavy (non-hydrogen) atoms. The number of nitrogens with zero attached hydrogens (tertiary/aromatic N) is 1. The van der Waals surface area contributed by atoms with E-state index in [1.165, 1.54) is 0 Å². The van der Waals surface area contributed by atoms with Crippen molar-refractivity contribution in [2.45, 2.75) is 38.1 Å². The third-order valence-electron chi connectivity index (χ3n) is 4.75. The molecule has 0 fully saturated rings. The molecule has 2 atom stereocenters. The van der Waals surface area contributed by atoms with Crippen LogP contribution in [0.25, 0.3) is 0 Å². The minimum Gasteiger partial charge on any atom is -0.486 e. The molecule has 1 aliphatic rings. The van der Waals surface area contributed by atoms with E-state index in [2.05, 4.69) is 11.4 Å². The quantitative estimate of drug-likeness (QED) is 0.802. The molecular weight excluding hydrogens is 340 g/mol. The molecule has 0 spiro atoms. The van der Waals surface area contributed by atoms with Crippen LogP contribution in [-0.2, 0) is 4.79 Å². The Morgan fingerprint density at radius 3 is 2.56 bits per heavy atom. The van der Waals surface area contributed by atoms with Gasteiger partial charge in [0, 0.05) is 18.8 Å². The second-order valence-corrected chi connectivity index (χ2v) is 6.61. The number of nitrogens with one attached hydrogen (secondary N) is 1. The maximum absolute atomic E-state index is 12.7. The van der Waals surface area contributed by atoms with Gasteiger partial charge in [0.25, 0.3) is 0 Å². The Balaban J connectivity index is 1.68. The summed E-state index contributed by atoms with van der Waals surface area (Å²) in [5.74, 6) is 1.30. The van der Waals surface area contributed by atoms with E-state index in [1.54, 1.807) is 0 Å². The first kappa shape index (κ1) is 18.8. The number of amides is 1. The maximum atomic E-state index is 12.7. The van der Waals surface area contributed by atoms with Crippen LogP contribution in [0.5, 0.6) is 11.5 Å². The summed E-state index contributed by atoms with van der Waals surface area (Å²) in [6, 6.07) is 17.6. The number of nitriles is 1. The van der Waals surface area contributed by atoms with Gasteiger partial charge in [0.05, 0.1) is 12.1 Å². The van der Waals surface area contributed by atoms with Crippen molar-refractivity contribution in [3.8, 4) is 17.6 Å². The Morgan fingerprint density at radius 2 is 1.85 bits per heavy atom. The van der Waals surface area contributed by atoms with E-state index in [9.17, 15) is 4.79 Å². The molecule has 1 amide bonds. The molecule has 2 aromatic rings. The second-order valence-electron chi connectivity index (χ2n) is 6.61. The Hall–Kier alpha value is -3.00. The lowest BCUT2D eigenvalue weighted by molar-refractivity contribution is -0.122. The summed E-state index contributed by atoms with van der Waals surface area (Å²) in [7, 11) is 0. The van der Waals surface area contributed by atoms with Crippen LogP contribution in [0.2, 0.25) is 0 Å². The molecule has 1 N–H and O–H groups in total. The van der Waals surface area contributed by atoms with E-state index in [0.29, 0.717) is 26.1 Å². The zero-order chi connectivity index (χ0) is 19.1. The molecule has 0 aromatic heterocycles. The minimum atomic E-state index is -0.105. The summed E-state index contributed by atoms with van der Waals surface area (Å²) in [4.78, 5) is 12.7. The normalized spacial score (nSPS) is 14.7. The summed E-state index contributed by atoms with van der Waals surface area (Å²) < 4.78 is 11.2. The molecule has 0 bridgehead atoms. The predicted octanol–water partition coefficient (Wildman–Crippen LogP) is 4.11. The van der Waals surface area contributed by atoms with Crippen molar-refractivity contribution in [3.05, 3.63) is 59.7 Å². The van der Waals surface area contributed by atoms with Crippen LogP contribution in [0, 0.1) is 11.3 Å². The summed E-state index contributed by atoms with van der Waals surface area (Å²) in [5.41, 5.74) is 2.01. The minimum absolute atomic E-state index is 0.0548. The van der Waals surface area contributed by atoms with Crippen LogP contribution in [0.4, 0.5) is 0 Å². The van der Waals surface area contributed by atoms with Gasteiger partial charge in [-0.25, -0.2) is 0 Å². The summed E-state index contributed by atoms with van der Waals surface area (Å²) >= 11 is 0. The monoisotopic (exact) mass is 364 g/mol. The van der Waals surface area contributed by atoms with Crippen LogP contribution in [-0.4, -0.2) is 19.1 Å². The van der Waals surface area contributed by atoms with Gasteiger partial charge in [-0.15, -0.1) is 0 Å². The third kappa shape index (κ3) is 4.79. The largest absolute Gasteiger partial charge is 0.486 e. The van der Waals surface area contributed by atoms with Gasteiger partial charge in [-0.05, 0) is 29.7 Å². The van der Waals surface area contributed by atoms with Crippen molar-refractivity contribution in [2.24, 2.45) is 0 Å². The van der Waals surface area contributed by atoms with E-state index in [4.69, 9.17) is 14.7 Å². The highest BCUT2D eigenvalue weighted by atomic mass is 16.6. The lowest BCUT2D eigenvalue weighted by Gasteiger charge is -2.23. The maximum Gasteiger partial charge on any atom is 0.221 e. The SMILES string of the molecule is CC[C@H](NC(=O)C[C@@H](CC#N)c1ccccc1)c1ccc2c(c1)OCCO2. The standard InChI is InChI=1S/C22H24N2O3/c1-2-19(18-8-9-20-21(14-18)27-13-12-26-20)24-22(25)15-17(10-11-23)16-6-4-3-5-7-16/h3-9,14,17,19H,2,10,12-13,15H2,1H3,(H,24,25)/t17-,19+/m1/s1. The number of hydrogen-bond donors (Lipinski definition) is 1. The van der Waals surface area contributed by atoms with Crippen LogP contribution in [0.1, 0.15) is 49.3 Å². The molecular formula is C22H24N2O3. The van der Waals surface area contributed by atoms with Gasteiger partial charge in [-0.2, -0.15) is 5.26 Å². The molecule has 140 valence electrons. The van der Waals surface area contributed by atoms with Crippen molar-refractivity contribution >= 4 is 5.91 Å². The van der Waals surface area contributed by atoms with Crippen molar-refractivity contribution in [1.82, 2.24) is 5.32 Å². The molecule has 2 aromatic carbocycles. The van der Waals surface area contributed by atoms with Gasteiger partial charge in [0.1, 0.15) is 13.2 Å². The smallest absolute Gasteiger partial charge is 0.221 e. The molecule has 0 unspecified atom stereocenters. The first-order valence-electron chi connectivity index (χ1n) is 9.32.